The average Bonchev–Trinajstić information content (AvgIpc) is 2.56. The maximum absolute atomic E-state index is 14.2. The van der Waals surface area contributed by atoms with Gasteiger partial charge in [-0.05, 0) is 61.4 Å². The largest absolute Gasteiger partial charge is 0.429 e. The molecule has 0 bridgehead atoms. The van der Waals surface area contributed by atoms with Crippen molar-refractivity contribution in [3.05, 3.63) is 65.2 Å². The van der Waals surface area contributed by atoms with Crippen molar-refractivity contribution in [1.82, 2.24) is 0 Å². The zero-order chi connectivity index (χ0) is 17.2. The molecule has 0 radical (unpaired) electrons. The number of aryl methyl sites for hydroxylation is 1. The Morgan fingerprint density at radius 3 is 2.04 bits per heavy atom. The highest BCUT2D eigenvalue weighted by Gasteiger charge is 2.34. The molecule has 1 fully saturated rings. The summed E-state index contributed by atoms with van der Waals surface area (Å²) >= 11 is 0. The Morgan fingerprint density at radius 1 is 0.875 bits per heavy atom. The van der Waals surface area contributed by atoms with Gasteiger partial charge in [0.15, 0.2) is 0 Å². The molecule has 0 spiro atoms. The molecular formula is C21H24F2O. The fourth-order valence-corrected chi connectivity index (χ4v) is 3.36. The molecule has 0 aromatic heterocycles. The van der Waals surface area contributed by atoms with Crippen molar-refractivity contribution in [3.8, 4) is 5.75 Å². The van der Waals surface area contributed by atoms with Crippen molar-refractivity contribution in [2.45, 2.75) is 51.6 Å². The van der Waals surface area contributed by atoms with Crippen molar-refractivity contribution < 1.29 is 13.5 Å². The fourth-order valence-electron chi connectivity index (χ4n) is 3.36. The molecule has 0 amide bonds. The maximum Gasteiger partial charge on any atom is 0.426 e. The number of benzene rings is 2. The minimum atomic E-state index is -3.32. The van der Waals surface area contributed by atoms with Gasteiger partial charge in [-0.25, -0.2) is 0 Å². The van der Waals surface area contributed by atoms with Gasteiger partial charge in [-0.3, -0.25) is 0 Å². The van der Waals surface area contributed by atoms with E-state index in [1.54, 1.807) is 24.3 Å². The van der Waals surface area contributed by atoms with Gasteiger partial charge >= 0.3 is 6.11 Å². The molecular weight excluding hydrogens is 306 g/mol. The Bertz CT molecular complexity index is 653. The fraction of sp³-hybridized carbons (Fsp3) is 0.429. The number of hydrogen-bond acceptors (Lipinski definition) is 1. The van der Waals surface area contributed by atoms with E-state index in [2.05, 4.69) is 6.92 Å². The van der Waals surface area contributed by atoms with Crippen LogP contribution < -0.4 is 4.74 Å². The number of ether oxygens (including phenoxy) is 1. The first-order valence-corrected chi connectivity index (χ1v) is 8.68. The highest BCUT2D eigenvalue weighted by molar-refractivity contribution is 5.31. The third-order valence-electron chi connectivity index (χ3n) is 5.00. The molecule has 0 heterocycles. The van der Waals surface area contributed by atoms with Crippen LogP contribution in [-0.4, -0.2) is 0 Å². The Labute approximate surface area is 142 Å². The molecule has 2 aromatic rings. The van der Waals surface area contributed by atoms with E-state index in [0.717, 1.165) is 11.5 Å². The average molecular weight is 330 g/mol. The van der Waals surface area contributed by atoms with Crippen molar-refractivity contribution in [1.29, 1.82) is 0 Å². The Kier molecular flexibility index (Phi) is 4.88. The lowest BCUT2D eigenvalue weighted by Crippen LogP contribution is -2.21. The second-order valence-electron chi connectivity index (χ2n) is 7.01. The molecule has 128 valence electrons. The summed E-state index contributed by atoms with van der Waals surface area (Å²) in [6.07, 6.45) is 1.53. The number of alkyl halides is 2. The lowest BCUT2D eigenvalue weighted by atomic mass is 9.79. The van der Waals surface area contributed by atoms with Crippen molar-refractivity contribution >= 4 is 0 Å². The van der Waals surface area contributed by atoms with Crippen LogP contribution in [0, 0.1) is 12.8 Å². The maximum atomic E-state index is 14.2. The third kappa shape index (κ3) is 3.95. The SMILES string of the molecule is Cc1ccc(C(F)(F)Oc2ccc(C3CCC(C)CC3)cc2)cc1. The summed E-state index contributed by atoms with van der Waals surface area (Å²) in [6.45, 7) is 4.16. The Morgan fingerprint density at radius 2 is 1.46 bits per heavy atom. The van der Waals surface area contributed by atoms with Crippen LogP contribution in [0.2, 0.25) is 0 Å². The summed E-state index contributed by atoms with van der Waals surface area (Å²) in [6, 6.07) is 13.3. The van der Waals surface area contributed by atoms with Gasteiger partial charge in [0.25, 0.3) is 0 Å². The molecule has 1 aliphatic carbocycles. The zero-order valence-corrected chi connectivity index (χ0v) is 14.3. The van der Waals surface area contributed by atoms with Crippen LogP contribution in [-0.2, 0) is 6.11 Å². The molecule has 0 saturated heterocycles. The summed E-state index contributed by atoms with van der Waals surface area (Å²) in [4.78, 5) is 0. The van der Waals surface area contributed by atoms with E-state index in [9.17, 15) is 8.78 Å². The van der Waals surface area contributed by atoms with Crippen molar-refractivity contribution in [3.63, 3.8) is 0 Å². The molecule has 0 aliphatic heterocycles. The minimum absolute atomic E-state index is 0.126. The Balaban J connectivity index is 1.68. The van der Waals surface area contributed by atoms with Crippen LogP contribution in [0.4, 0.5) is 8.78 Å². The molecule has 0 unspecified atom stereocenters. The van der Waals surface area contributed by atoms with Gasteiger partial charge in [0.05, 0.1) is 5.56 Å². The molecule has 0 N–H and O–H groups in total. The first-order chi connectivity index (χ1) is 11.4. The predicted octanol–water partition coefficient (Wildman–Crippen LogP) is 6.42. The number of rotatable bonds is 4. The molecule has 2 aromatic carbocycles. The summed E-state index contributed by atoms with van der Waals surface area (Å²) in [5, 5.41) is 0. The van der Waals surface area contributed by atoms with E-state index in [0.29, 0.717) is 5.92 Å². The lowest BCUT2D eigenvalue weighted by molar-refractivity contribution is -0.185. The summed E-state index contributed by atoms with van der Waals surface area (Å²) < 4.78 is 33.5. The van der Waals surface area contributed by atoms with Crippen LogP contribution in [0.5, 0.6) is 5.75 Å². The number of hydrogen-bond donors (Lipinski definition) is 0. The second-order valence-corrected chi connectivity index (χ2v) is 7.01. The first kappa shape index (κ1) is 16.9. The molecule has 1 nitrogen and oxygen atoms in total. The van der Waals surface area contributed by atoms with Crippen molar-refractivity contribution in [2.24, 2.45) is 5.92 Å². The summed E-state index contributed by atoms with van der Waals surface area (Å²) in [5.41, 5.74) is 2.05. The van der Waals surface area contributed by atoms with E-state index in [1.165, 1.54) is 43.4 Å². The predicted molar refractivity (Wildman–Crippen MR) is 92.5 cm³/mol. The zero-order valence-electron chi connectivity index (χ0n) is 14.3. The van der Waals surface area contributed by atoms with E-state index in [1.807, 2.05) is 19.1 Å². The van der Waals surface area contributed by atoms with Gasteiger partial charge in [0.1, 0.15) is 5.75 Å². The van der Waals surface area contributed by atoms with Crippen LogP contribution >= 0.6 is 0 Å². The minimum Gasteiger partial charge on any atom is -0.429 e. The summed E-state index contributed by atoms with van der Waals surface area (Å²) in [7, 11) is 0. The molecule has 3 heteroatoms. The van der Waals surface area contributed by atoms with Crippen LogP contribution in [0.25, 0.3) is 0 Å². The van der Waals surface area contributed by atoms with E-state index in [4.69, 9.17) is 4.74 Å². The highest BCUT2D eigenvalue weighted by atomic mass is 19.3. The van der Waals surface area contributed by atoms with E-state index < -0.39 is 6.11 Å². The van der Waals surface area contributed by atoms with E-state index in [-0.39, 0.29) is 11.3 Å². The smallest absolute Gasteiger partial charge is 0.426 e. The van der Waals surface area contributed by atoms with E-state index >= 15 is 0 Å². The van der Waals surface area contributed by atoms with Gasteiger partial charge in [-0.2, -0.15) is 8.78 Å². The van der Waals surface area contributed by atoms with Crippen LogP contribution in [0.15, 0.2) is 48.5 Å². The topological polar surface area (TPSA) is 9.23 Å². The lowest BCUT2D eigenvalue weighted by Gasteiger charge is -2.26. The Hall–Kier alpha value is -1.90. The normalized spacial score (nSPS) is 21.5. The standard InChI is InChI=1S/C21H24F2O/c1-15-3-7-17(8-4-15)18-9-13-20(14-10-18)24-21(22,23)19-11-5-16(2)6-12-19/h5-6,9-15,17H,3-4,7-8H2,1-2H3. The van der Waals surface area contributed by atoms with Gasteiger partial charge in [-0.1, -0.05) is 49.6 Å². The molecule has 24 heavy (non-hydrogen) atoms. The number of halogens is 2. The second kappa shape index (κ2) is 6.92. The molecule has 3 rings (SSSR count). The molecule has 1 aliphatic rings. The quantitative estimate of drug-likeness (QED) is 0.629. The van der Waals surface area contributed by atoms with Gasteiger partial charge in [-0.15, -0.1) is 0 Å². The summed E-state index contributed by atoms with van der Waals surface area (Å²) in [5.74, 6) is 1.55. The molecule has 0 atom stereocenters. The van der Waals surface area contributed by atoms with Crippen molar-refractivity contribution in [2.75, 3.05) is 0 Å². The van der Waals surface area contributed by atoms with Crippen LogP contribution in [0.1, 0.15) is 55.2 Å². The van der Waals surface area contributed by atoms with Crippen LogP contribution in [0.3, 0.4) is 0 Å². The van der Waals surface area contributed by atoms with Gasteiger partial charge in [0.2, 0.25) is 0 Å². The third-order valence-corrected chi connectivity index (χ3v) is 5.00. The molecule has 1 saturated carbocycles. The van der Waals surface area contributed by atoms with Gasteiger partial charge < -0.3 is 4.74 Å². The van der Waals surface area contributed by atoms with Gasteiger partial charge in [0, 0.05) is 0 Å². The highest BCUT2D eigenvalue weighted by Crippen LogP contribution is 2.37. The monoisotopic (exact) mass is 330 g/mol. The first-order valence-electron chi connectivity index (χ1n) is 8.68.